The Bertz CT molecular complexity index is 764. The molecule has 0 saturated carbocycles. The summed E-state index contributed by atoms with van der Waals surface area (Å²) in [6.45, 7) is 2.16. The molecule has 1 heterocycles. The number of nitrogens with zero attached hydrogens (tertiary/aromatic N) is 2. The second-order valence-electron chi connectivity index (χ2n) is 4.65. The molecule has 3 rings (SSSR count). The topological polar surface area (TPSA) is 17.8 Å². The molecular weight excluding hydrogens is 336 g/mol. The van der Waals surface area contributed by atoms with Crippen LogP contribution < -0.4 is 0 Å². The molecule has 0 aliphatic carbocycles. The predicted molar refractivity (Wildman–Crippen MR) is 87.7 cm³/mol. The smallest absolute Gasteiger partial charge is 0.129 e. The summed E-state index contributed by atoms with van der Waals surface area (Å²) < 4.78 is 3.17. The Hall–Kier alpha value is -1.32. The van der Waals surface area contributed by atoms with E-state index in [2.05, 4.69) is 62.7 Å². The summed E-state index contributed by atoms with van der Waals surface area (Å²) in [7, 11) is 0. The molecule has 0 amide bonds. The maximum atomic E-state index is 6.07. The first-order valence-electron chi connectivity index (χ1n) is 6.55. The third-order valence-corrected chi connectivity index (χ3v) is 4.11. The molecular formula is C16H14BrClN2. The van der Waals surface area contributed by atoms with Crippen molar-refractivity contribution >= 4 is 38.6 Å². The fraction of sp³-hybridized carbons (Fsp3) is 0.188. The quantitative estimate of drug-likeness (QED) is 0.602. The molecule has 4 heteroatoms. The molecule has 0 fully saturated rings. The van der Waals surface area contributed by atoms with Crippen LogP contribution in [0.4, 0.5) is 0 Å². The fourth-order valence-electron chi connectivity index (χ4n) is 2.39. The van der Waals surface area contributed by atoms with Crippen molar-refractivity contribution in [3.63, 3.8) is 0 Å². The molecule has 2 nitrogen and oxygen atoms in total. The molecule has 0 unspecified atom stereocenters. The molecule has 1 aromatic heterocycles. The minimum absolute atomic E-state index is 0.392. The van der Waals surface area contributed by atoms with Gasteiger partial charge in [-0.05, 0) is 42.3 Å². The van der Waals surface area contributed by atoms with Crippen molar-refractivity contribution in [3.8, 4) is 5.69 Å². The summed E-state index contributed by atoms with van der Waals surface area (Å²) in [6, 6.07) is 14.6. The van der Waals surface area contributed by atoms with Gasteiger partial charge in [-0.25, -0.2) is 4.98 Å². The van der Waals surface area contributed by atoms with Gasteiger partial charge in [-0.15, -0.1) is 11.6 Å². The Kier molecular flexibility index (Phi) is 3.81. The van der Waals surface area contributed by atoms with Crippen molar-refractivity contribution < 1.29 is 0 Å². The third kappa shape index (κ3) is 2.36. The highest BCUT2D eigenvalue weighted by Crippen LogP contribution is 2.26. The number of alkyl halides is 1. The van der Waals surface area contributed by atoms with Gasteiger partial charge in [0.2, 0.25) is 0 Å². The van der Waals surface area contributed by atoms with Crippen LogP contribution in [0.2, 0.25) is 0 Å². The van der Waals surface area contributed by atoms with Crippen LogP contribution in [0.1, 0.15) is 18.3 Å². The first-order chi connectivity index (χ1) is 9.72. The molecule has 0 aliphatic rings. The van der Waals surface area contributed by atoms with Crippen molar-refractivity contribution in [1.82, 2.24) is 9.55 Å². The number of fused-ring (bicyclic) bond motifs is 1. The van der Waals surface area contributed by atoms with Gasteiger partial charge in [0, 0.05) is 10.2 Å². The zero-order valence-corrected chi connectivity index (χ0v) is 13.4. The van der Waals surface area contributed by atoms with Crippen LogP contribution in [0, 0.1) is 0 Å². The number of halogens is 2. The molecule has 2 aromatic carbocycles. The van der Waals surface area contributed by atoms with Gasteiger partial charge in [0.25, 0.3) is 0 Å². The van der Waals surface area contributed by atoms with E-state index in [9.17, 15) is 0 Å². The molecule has 0 N–H and O–H groups in total. The Balaban J connectivity index is 2.29. The van der Waals surface area contributed by atoms with Crippen LogP contribution in [0.5, 0.6) is 0 Å². The highest BCUT2D eigenvalue weighted by atomic mass is 79.9. The van der Waals surface area contributed by atoms with Gasteiger partial charge in [-0.2, -0.15) is 0 Å². The predicted octanol–water partition coefficient (Wildman–Crippen LogP) is 5.09. The lowest BCUT2D eigenvalue weighted by atomic mass is 10.1. The number of rotatable bonds is 3. The molecule has 0 bridgehead atoms. The largest absolute Gasteiger partial charge is 0.295 e. The molecule has 0 spiro atoms. The summed E-state index contributed by atoms with van der Waals surface area (Å²) in [5.74, 6) is 1.26. The Morgan fingerprint density at radius 1 is 1.20 bits per heavy atom. The molecule has 0 atom stereocenters. The standard InChI is InChI=1S/C16H14BrClN2/c1-2-11-4-3-5-13(8-11)20-15-9-12(17)6-7-14(15)19-16(20)10-18/h3-9H,2,10H2,1H3. The summed E-state index contributed by atoms with van der Waals surface area (Å²) in [5, 5.41) is 0. The van der Waals surface area contributed by atoms with E-state index < -0.39 is 0 Å². The Labute approximate surface area is 131 Å². The molecule has 3 aromatic rings. The van der Waals surface area contributed by atoms with Gasteiger partial charge in [0.15, 0.2) is 0 Å². The first-order valence-corrected chi connectivity index (χ1v) is 7.88. The molecule has 0 saturated heterocycles. The average molecular weight is 350 g/mol. The van der Waals surface area contributed by atoms with E-state index in [1.54, 1.807) is 0 Å². The zero-order chi connectivity index (χ0) is 14.1. The van der Waals surface area contributed by atoms with E-state index in [4.69, 9.17) is 11.6 Å². The highest BCUT2D eigenvalue weighted by molar-refractivity contribution is 9.10. The van der Waals surface area contributed by atoms with Crippen LogP contribution in [-0.2, 0) is 12.3 Å². The van der Waals surface area contributed by atoms with Gasteiger partial charge < -0.3 is 0 Å². The highest BCUT2D eigenvalue weighted by Gasteiger charge is 2.12. The minimum Gasteiger partial charge on any atom is -0.295 e. The third-order valence-electron chi connectivity index (χ3n) is 3.38. The Morgan fingerprint density at radius 3 is 2.80 bits per heavy atom. The number of benzene rings is 2. The van der Waals surface area contributed by atoms with E-state index in [1.165, 1.54) is 5.56 Å². The normalized spacial score (nSPS) is 11.2. The number of hydrogen-bond acceptors (Lipinski definition) is 1. The summed E-state index contributed by atoms with van der Waals surface area (Å²) in [5.41, 5.74) is 4.45. The van der Waals surface area contributed by atoms with Crippen LogP contribution in [0.3, 0.4) is 0 Å². The van der Waals surface area contributed by atoms with Crippen molar-refractivity contribution in [2.75, 3.05) is 0 Å². The number of aryl methyl sites for hydroxylation is 1. The van der Waals surface area contributed by atoms with Gasteiger partial charge in [0.1, 0.15) is 5.82 Å². The summed E-state index contributed by atoms with van der Waals surface area (Å²) in [4.78, 5) is 4.61. The van der Waals surface area contributed by atoms with Crippen LogP contribution in [0.25, 0.3) is 16.7 Å². The van der Waals surface area contributed by atoms with Crippen LogP contribution in [0.15, 0.2) is 46.9 Å². The monoisotopic (exact) mass is 348 g/mol. The van der Waals surface area contributed by atoms with Gasteiger partial charge in [-0.3, -0.25) is 4.57 Å². The van der Waals surface area contributed by atoms with Gasteiger partial charge >= 0.3 is 0 Å². The van der Waals surface area contributed by atoms with E-state index in [0.29, 0.717) is 5.88 Å². The molecule has 102 valence electrons. The summed E-state index contributed by atoms with van der Waals surface area (Å²) in [6.07, 6.45) is 1.01. The lowest BCUT2D eigenvalue weighted by molar-refractivity contribution is 0.975. The number of imidazole rings is 1. The fourth-order valence-corrected chi connectivity index (χ4v) is 2.92. The lowest BCUT2D eigenvalue weighted by Gasteiger charge is -2.09. The average Bonchev–Trinajstić information content (AvgIpc) is 2.85. The van der Waals surface area contributed by atoms with Crippen molar-refractivity contribution in [3.05, 3.63) is 58.3 Å². The Morgan fingerprint density at radius 2 is 2.05 bits per heavy atom. The van der Waals surface area contributed by atoms with Crippen molar-refractivity contribution in [1.29, 1.82) is 0 Å². The van der Waals surface area contributed by atoms with E-state index in [-0.39, 0.29) is 0 Å². The number of hydrogen-bond donors (Lipinski definition) is 0. The second-order valence-corrected chi connectivity index (χ2v) is 5.84. The maximum absolute atomic E-state index is 6.07. The van der Waals surface area contributed by atoms with E-state index in [1.807, 2.05) is 12.1 Å². The van der Waals surface area contributed by atoms with Crippen molar-refractivity contribution in [2.24, 2.45) is 0 Å². The van der Waals surface area contributed by atoms with E-state index >= 15 is 0 Å². The second kappa shape index (κ2) is 5.58. The van der Waals surface area contributed by atoms with Crippen LogP contribution in [-0.4, -0.2) is 9.55 Å². The molecule has 0 aliphatic heterocycles. The minimum atomic E-state index is 0.392. The zero-order valence-electron chi connectivity index (χ0n) is 11.1. The van der Waals surface area contributed by atoms with Crippen molar-refractivity contribution in [2.45, 2.75) is 19.2 Å². The molecule has 0 radical (unpaired) electrons. The lowest BCUT2D eigenvalue weighted by Crippen LogP contribution is -2.00. The van der Waals surface area contributed by atoms with Crippen LogP contribution >= 0.6 is 27.5 Å². The maximum Gasteiger partial charge on any atom is 0.129 e. The first kappa shape index (κ1) is 13.7. The van der Waals surface area contributed by atoms with E-state index in [0.717, 1.165) is 33.4 Å². The summed E-state index contributed by atoms with van der Waals surface area (Å²) >= 11 is 9.60. The number of aromatic nitrogens is 2. The SMILES string of the molecule is CCc1cccc(-n2c(CCl)nc3ccc(Br)cc32)c1. The van der Waals surface area contributed by atoms with Gasteiger partial charge in [0.05, 0.1) is 16.9 Å². The molecule has 20 heavy (non-hydrogen) atoms. The van der Waals surface area contributed by atoms with Gasteiger partial charge in [-0.1, -0.05) is 35.0 Å².